The summed E-state index contributed by atoms with van der Waals surface area (Å²) in [6, 6.07) is 23.1. The van der Waals surface area contributed by atoms with Crippen LogP contribution in [0.15, 0.2) is 78.0 Å². The number of anilines is 1. The molecule has 0 saturated carbocycles. The van der Waals surface area contributed by atoms with Crippen molar-refractivity contribution in [1.29, 1.82) is 5.26 Å². The molecule has 0 spiro atoms. The predicted molar refractivity (Wildman–Crippen MR) is 133 cm³/mol. The molecule has 0 aromatic heterocycles. The fraction of sp³-hybridized carbons (Fsp3) is 0.185. The lowest BCUT2D eigenvalue weighted by Crippen LogP contribution is -2.46. The van der Waals surface area contributed by atoms with Crippen molar-refractivity contribution in [2.75, 3.05) is 11.9 Å². The molecule has 0 radical (unpaired) electrons. The Morgan fingerprint density at radius 2 is 1.91 bits per heavy atom. The molecule has 1 heterocycles. The average molecular weight is 468 g/mol. The number of oxime groups is 1. The van der Waals surface area contributed by atoms with E-state index < -0.39 is 6.04 Å². The molecule has 0 bridgehead atoms. The first-order valence-corrected chi connectivity index (χ1v) is 11.3. The lowest BCUT2D eigenvalue weighted by Gasteiger charge is -2.27. The van der Waals surface area contributed by atoms with Gasteiger partial charge in [-0.15, -0.1) is 0 Å². The van der Waals surface area contributed by atoms with Gasteiger partial charge in [-0.25, -0.2) is 0 Å². The van der Waals surface area contributed by atoms with Gasteiger partial charge in [0, 0.05) is 30.6 Å². The van der Waals surface area contributed by atoms with Gasteiger partial charge in [-0.2, -0.15) is 5.26 Å². The van der Waals surface area contributed by atoms with Gasteiger partial charge in [0.2, 0.25) is 11.8 Å². The number of amides is 2. The van der Waals surface area contributed by atoms with Gasteiger partial charge in [0.1, 0.15) is 6.04 Å². The fourth-order valence-electron chi connectivity index (χ4n) is 4.27. The van der Waals surface area contributed by atoms with E-state index in [2.05, 4.69) is 16.5 Å². The van der Waals surface area contributed by atoms with Gasteiger partial charge >= 0.3 is 0 Å². The summed E-state index contributed by atoms with van der Waals surface area (Å²) in [4.78, 5) is 27.5. The van der Waals surface area contributed by atoms with E-state index in [1.807, 2.05) is 36.4 Å². The van der Waals surface area contributed by atoms with Crippen molar-refractivity contribution in [1.82, 2.24) is 4.90 Å². The van der Waals surface area contributed by atoms with Gasteiger partial charge < -0.3 is 21.2 Å². The van der Waals surface area contributed by atoms with E-state index in [-0.39, 0.29) is 24.1 Å². The molecule has 3 aromatic carbocycles. The van der Waals surface area contributed by atoms with Crippen LogP contribution in [-0.4, -0.2) is 40.3 Å². The summed E-state index contributed by atoms with van der Waals surface area (Å²) >= 11 is 0. The molecule has 0 aliphatic carbocycles. The van der Waals surface area contributed by atoms with E-state index in [0.717, 1.165) is 16.7 Å². The summed E-state index contributed by atoms with van der Waals surface area (Å²) in [5, 5.41) is 24.3. The Bertz CT molecular complexity index is 1310. The van der Waals surface area contributed by atoms with Crippen LogP contribution in [0.1, 0.15) is 29.5 Å². The van der Waals surface area contributed by atoms with Crippen molar-refractivity contribution < 1.29 is 14.8 Å². The van der Waals surface area contributed by atoms with Crippen molar-refractivity contribution in [2.45, 2.75) is 25.3 Å². The molecular formula is C27H25N5O3. The summed E-state index contributed by atoms with van der Waals surface area (Å²) in [5.74, 6) is -0.371. The maximum atomic E-state index is 13.3. The molecule has 2 amide bonds. The number of likely N-dealkylation sites (tertiary alicyclic amines) is 1. The number of rotatable bonds is 7. The molecule has 1 atom stereocenters. The zero-order valence-electron chi connectivity index (χ0n) is 19.0. The largest absolute Gasteiger partial charge is 0.409 e. The highest BCUT2D eigenvalue weighted by molar-refractivity contribution is 5.99. The lowest BCUT2D eigenvalue weighted by atomic mass is 10.00. The minimum Gasteiger partial charge on any atom is -0.409 e. The number of nitrogens with one attached hydrogen (secondary N) is 1. The standard InChI is InChI=1S/C27H25N5O3/c28-17-21-6-1-2-8-23(21)19-10-12-22(13-11-19)30-27(34)24(32-14-4-9-25(32)33)16-18-5-3-7-20(15-18)26(29)31-35/h1-3,5-8,10-13,15,24,35H,4,9,14,16H2,(H2,29,31)(H,30,34). The van der Waals surface area contributed by atoms with Gasteiger partial charge in [-0.1, -0.05) is 53.7 Å². The third-order valence-electron chi connectivity index (χ3n) is 6.06. The monoisotopic (exact) mass is 467 g/mol. The van der Waals surface area contributed by atoms with Crippen LogP contribution in [0, 0.1) is 11.3 Å². The van der Waals surface area contributed by atoms with Gasteiger partial charge in [0.25, 0.3) is 0 Å². The minimum atomic E-state index is -0.702. The molecule has 4 N–H and O–H groups in total. The van der Waals surface area contributed by atoms with Crippen molar-refractivity contribution in [3.05, 3.63) is 89.5 Å². The number of nitrogens with two attached hydrogens (primary N) is 1. The average Bonchev–Trinajstić information content (AvgIpc) is 3.32. The topological polar surface area (TPSA) is 132 Å². The molecule has 176 valence electrons. The molecule has 1 saturated heterocycles. The van der Waals surface area contributed by atoms with Gasteiger partial charge in [-0.3, -0.25) is 9.59 Å². The van der Waals surface area contributed by atoms with Gasteiger partial charge in [0.15, 0.2) is 5.84 Å². The summed E-state index contributed by atoms with van der Waals surface area (Å²) in [7, 11) is 0. The minimum absolute atomic E-state index is 0.0249. The Morgan fingerprint density at radius 1 is 1.14 bits per heavy atom. The van der Waals surface area contributed by atoms with Crippen LogP contribution in [0.2, 0.25) is 0 Å². The molecule has 1 aliphatic heterocycles. The second kappa shape index (κ2) is 10.5. The van der Waals surface area contributed by atoms with Crippen LogP contribution in [-0.2, 0) is 16.0 Å². The SMILES string of the molecule is N#Cc1ccccc1-c1ccc(NC(=O)C(Cc2cccc(/C(N)=N/O)c2)N2CCCC2=O)cc1. The van der Waals surface area contributed by atoms with Gasteiger partial charge in [-0.05, 0) is 47.4 Å². The van der Waals surface area contributed by atoms with Crippen LogP contribution in [0.4, 0.5) is 5.69 Å². The maximum absolute atomic E-state index is 13.3. The molecule has 35 heavy (non-hydrogen) atoms. The molecule has 8 heteroatoms. The second-order valence-electron chi connectivity index (χ2n) is 8.32. The van der Waals surface area contributed by atoms with Crippen LogP contribution in [0.5, 0.6) is 0 Å². The number of carbonyl (C=O) groups excluding carboxylic acids is 2. The molecule has 1 aliphatic rings. The highest BCUT2D eigenvalue weighted by atomic mass is 16.4. The second-order valence-corrected chi connectivity index (χ2v) is 8.32. The fourth-order valence-corrected chi connectivity index (χ4v) is 4.27. The summed E-state index contributed by atoms with van der Waals surface area (Å²) in [5.41, 5.74) is 9.89. The van der Waals surface area contributed by atoms with Crippen molar-refractivity contribution in [3.8, 4) is 17.2 Å². The Hall–Kier alpha value is -4.64. The van der Waals surface area contributed by atoms with Crippen molar-refractivity contribution >= 4 is 23.3 Å². The number of hydrogen-bond acceptors (Lipinski definition) is 5. The van der Waals surface area contributed by atoms with Gasteiger partial charge in [0.05, 0.1) is 11.6 Å². The van der Waals surface area contributed by atoms with E-state index in [4.69, 9.17) is 10.9 Å². The quantitative estimate of drug-likeness (QED) is 0.212. The molecule has 4 rings (SSSR count). The smallest absolute Gasteiger partial charge is 0.247 e. The Morgan fingerprint density at radius 3 is 2.60 bits per heavy atom. The van der Waals surface area contributed by atoms with E-state index in [1.165, 1.54) is 0 Å². The van der Waals surface area contributed by atoms with Crippen LogP contribution < -0.4 is 11.1 Å². The summed E-state index contributed by atoms with van der Waals surface area (Å²) in [6.07, 6.45) is 1.42. The first-order chi connectivity index (χ1) is 17.0. The zero-order valence-corrected chi connectivity index (χ0v) is 19.0. The lowest BCUT2D eigenvalue weighted by molar-refractivity contribution is -0.135. The molecule has 1 unspecified atom stereocenters. The highest BCUT2D eigenvalue weighted by Crippen LogP contribution is 2.25. The Balaban J connectivity index is 1.55. The van der Waals surface area contributed by atoms with E-state index in [0.29, 0.717) is 36.2 Å². The number of benzene rings is 3. The highest BCUT2D eigenvalue weighted by Gasteiger charge is 2.33. The van der Waals surface area contributed by atoms with Crippen molar-refractivity contribution in [2.24, 2.45) is 10.9 Å². The molecular weight excluding hydrogens is 442 g/mol. The number of hydrogen-bond donors (Lipinski definition) is 3. The Kier molecular flexibility index (Phi) is 7.07. The maximum Gasteiger partial charge on any atom is 0.247 e. The zero-order chi connectivity index (χ0) is 24.8. The summed E-state index contributed by atoms with van der Waals surface area (Å²) < 4.78 is 0. The Labute approximate surface area is 203 Å². The van der Waals surface area contributed by atoms with E-state index in [9.17, 15) is 14.9 Å². The first kappa shape index (κ1) is 23.5. The van der Waals surface area contributed by atoms with Crippen LogP contribution in [0.3, 0.4) is 0 Å². The predicted octanol–water partition coefficient (Wildman–Crippen LogP) is 3.49. The third kappa shape index (κ3) is 5.31. The van der Waals surface area contributed by atoms with Crippen molar-refractivity contribution in [3.63, 3.8) is 0 Å². The van der Waals surface area contributed by atoms with Crippen LogP contribution >= 0.6 is 0 Å². The van der Waals surface area contributed by atoms with E-state index >= 15 is 0 Å². The number of amidine groups is 1. The molecule has 8 nitrogen and oxygen atoms in total. The summed E-state index contributed by atoms with van der Waals surface area (Å²) in [6.45, 7) is 0.515. The third-order valence-corrected chi connectivity index (χ3v) is 6.06. The number of carbonyl (C=O) groups is 2. The number of nitriles is 1. The van der Waals surface area contributed by atoms with E-state index in [1.54, 1.807) is 41.3 Å². The molecule has 3 aromatic rings. The molecule has 1 fully saturated rings. The normalized spacial score (nSPS) is 14.4. The first-order valence-electron chi connectivity index (χ1n) is 11.3. The number of nitrogens with zero attached hydrogens (tertiary/aromatic N) is 3. The van der Waals surface area contributed by atoms with Crippen LogP contribution in [0.25, 0.3) is 11.1 Å².